The highest BCUT2D eigenvalue weighted by Crippen LogP contribution is 2.19. The first kappa shape index (κ1) is 12.9. The van der Waals surface area contributed by atoms with Crippen LogP contribution in [0.15, 0.2) is 35.0 Å². The normalized spacial score (nSPS) is 17.6. The van der Waals surface area contributed by atoms with Crippen LogP contribution >= 0.6 is 0 Å². The molecular weight excluding hydrogens is 256 g/mol. The summed E-state index contributed by atoms with van der Waals surface area (Å²) in [4.78, 5) is 11.9. The number of aromatic nitrogens is 1. The Morgan fingerprint density at radius 1 is 1.40 bits per heavy atom. The number of amides is 1. The lowest BCUT2D eigenvalue weighted by Gasteiger charge is -2.25. The Kier molecular flexibility index (Phi) is 3.52. The molecule has 1 amide bonds. The predicted molar refractivity (Wildman–Crippen MR) is 72.3 cm³/mol. The molecule has 1 aliphatic heterocycles. The molecule has 2 heterocycles. The van der Waals surface area contributed by atoms with E-state index in [0.29, 0.717) is 24.5 Å². The van der Waals surface area contributed by atoms with Gasteiger partial charge >= 0.3 is 0 Å². The third-order valence-corrected chi connectivity index (χ3v) is 3.53. The van der Waals surface area contributed by atoms with E-state index >= 15 is 0 Å². The molecule has 5 heteroatoms. The van der Waals surface area contributed by atoms with Crippen LogP contribution in [0.3, 0.4) is 0 Å². The van der Waals surface area contributed by atoms with E-state index in [-0.39, 0.29) is 12.0 Å². The van der Waals surface area contributed by atoms with E-state index in [4.69, 9.17) is 9.26 Å². The second-order valence-electron chi connectivity index (χ2n) is 4.91. The summed E-state index contributed by atoms with van der Waals surface area (Å²) in [6, 6.07) is 8.22. The molecule has 0 saturated heterocycles. The van der Waals surface area contributed by atoms with Crippen molar-refractivity contribution in [3.8, 4) is 0 Å². The van der Waals surface area contributed by atoms with Crippen molar-refractivity contribution in [1.82, 2.24) is 10.5 Å². The molecule has 20 heavy (non-hydrogen) atoms. The van der Waals surface area contributed by atoms with Crippen LogP contribution in [-0.4, -0.2) is 23.7 Å². The van der Waals surface area contributed by atoms with Crippen LogP contribution in [0.4, 0.5) is 0 Å². The van der Waals surface area contributed by atoms with Crippen molar-refractivity contribution in [3.63, 3.8) is 0 Å². The summed E-state index contributed by atoms with van der Waals surface area (Å²) in [5.41, 5.74) is 2.99. The van der Waals surface area contributed by atoms with Crippen molar-refractivity contribution >= 4 is 5.91 Å². The summed E-state index contributed by atoms with van der Waals surface area (Å²) in [7, 11) is 0. The first-order chi connectivity index (χ1) is 9.74. The monoisotopic (exact) mass is 272 g/mol. The minimum Gasteiger partial charge on any atom is -0.371 e. The summed E-state index contributed by atoms with van der Waals surface area (Å²) >= 11 is 0. The largest absolute Gasteiger partial charge is 0.371 e. The summed E-state index contributed by atoms with van der Waals surface area (Å²) in [5.74, 6) is 0.351. The van der Waals surface area contributed by atoms with Crippen LogP contribution in [0, 0.1) is 6.92 Å². The molecule has 1 aromatic heterocycles. The molecule has 0 spiro atoms. The van der Waals surface area contributed by atoms with Crippen LogP contribution in [-0.2, 0) is 17.8 Å². The molecule has 2 aromatic rings. The third-order valence-electron chi connectivity index (χ3n) is 3.53. The topological polar surface area (TPSA) is 64.4 Å². The molecule has 0 unspecified atom stereocenters. The highest BCUT2D eigenvalue weighted by molar-refractivity contribution is 5.94. The second kappa shape index (κ2) is 5.46. The van der Waals surface area contributed by atoms with E-state index in [9.17, 15) is 4.79 Å². The molecule has 1 aromatic carbocycles. The Morgan fingerprint density at radius 2 is 2.20 bits per heavy atom. The predicted octanol–water partition coefficient (Wildman–Crippen LogP) is 1.85. The maximum atomic E-state index is 11.9. The number of fused-ring (bicyclic) bond motifs is 1. The van der Waals surface area contributed by atoms with Gasteiger partial charge in [-0.25, -0.2) is 0 Å². The van der Waals surface area contributed by atoms with Gasteiger partial charge in [-0.2, -0.15) is 0 Å². The van der Waals surface area contributed by atoms with E-state index in [1.807, 2.05) is 12.1 Å². The quantitative estimate of drug-likeness (QED) is 0.926. The first-order valence-corrected chi connectivity index (χ1v) is 6.62. The molecule has 0 bridgehead atoms. The lowest BCUT2D eigenvalue weighted by Crippen LogP contribution is -2.36. The fraction of sp³-hybridized carbons (Fsp3) is 0.333. The zero-order valence-electron chi connectivity index (χ0n) is 11.3. The molecule has 0 radical (unpaired) electrons. The maximum Gasteiger partial charge on any atom is 0.256 e. The number of carbonyl (C=O) groups is 1. The number of nitrogens with zero attached hydrogens (tertiary/aromatic N) is 1. The van der Waals surface area contributed by atoms with Crippen molar-refractivity contribution in [1.29, 1.82) is 0 Å². The molecule has 0 saturated carbocycles. The Labute approximate surface area is 116 Å². The van der Waals surface area contributed by atoms with Gasteiger partial charge in [-0.1, -0.05) is 29.4 Å². The molecule has 0 fully saturated rings. The summed E-state index contributed by atoms with van der Waals surface area (Å²) in [6.07, 6.45) is 2.26. The number of ether oxygens (including phenoxy) is 1. The van der Waals surface area contributed by atoms with Gasteiger partial charge in [0, 0.05) is 13.0 Å². The van der Waals surface area contributed by atoms with E-state index in [1.54, 1.807) is 6.92 Å². The van der Waals surface area contributed by atoms with Gasteiger partial charge in [-0.15, -0.1) is 0 Å². The minimum absolute atomic E-state index is 0.00835. The lowest BCUT2D eigenvalue weighted by molar-refractivity contribution is 0.0284. The number of rotatable bonds is 3. The fourth-order valence-corrected chi connectivity index (χ4v) is 2.36. The van der Waals surface area contributed by atoms with Crippen LogP contribution in [0.1, 0.15) is 27.2 Å². The molecular formula is C15H16N2O3. The Morgan fingerprint density at radius 3 is 2.95 bits per heavy atom. The molecule has 1 N–H and O–H groups in total. The van der Waals surface area contributed by atoms with Crippen LogP contribution < -0.4 is 5.32 Å². The van der Waals surface area contributed by atoms with E-state index < -0.39 is 0 Å². The van der Waals surface area contributed by atoms with Gasteiger partial charge in [0.1, 0.15) is 11.3 Å². The smallest absolute Gasteiger partial charge is 0.256 e. The van der Waals surface area contributed by atoms with Crippen molar-refractivity contribution in [2.24, 2.45) is 0 Å². The number of hydrogen-bond donors (Lipinski definition) is 1. The SMILES string of the molecule is Cc1oncc1C(=O)NC[C@H]1Cc2ccccc2CO1. The second-order valence-corrected chi connectivity index (χ2v) is 4.91. The molecule has 1 aliphatic rings. The minimum atomic E-state index is -0.175. The van der Waals surface area contributed by atoms with E-state index in [1.165, 1.54) is 17.3 Å². The average molecular weight is 272 g/mol. The molecule has 0 aliphatic carbocycles. The highest BCUT2D eigenvalue weighted by Gasteiger charge is 2.20. The first-order valence-electron chi connectivity index (χ1n) is 6.62. The lowest BCUT2D eigenvalue weighted by atomic mass is 9.99. The van der Waals surface area contributed by atoms with Gasteiger partial charge in [0.15, 0.2) is 0 Å². The van der Waals surface area contributed by atoms with Crippen LogP contribution in [0.25, 0.3) is 0 Å². The fourth-order valence-electron chi connectivity index (χ4n) is 2.36. The molecule has 5 nitrogen and oxygen atoms in total. The summed E-state index contributed by atoms with van der Waals surface area (Å²) in [6.45, 7) is 2.80. The van der Waals surface area contributed by atoms with E-state index in [0.717, 1.165) is 6.42 Å². The number of hydrogen-bond acceptors (Lipinski definition) is 4. The van der Waals surface area contributed by atoms with Gasteiger partial charge in [-0.05, 0) is 18.1 Å². The van der Waals surface area contributed by atoms with Gasteiger partial charge < -0.3 is 14.6 Å². The Hall–Kier alpha value is -2.14. The maximum absolute atomic E-state index is 11.9. The van der Waals surface area contributed by atoms with Crippen molar-refractivity contribution in [2.45, 2.75) is 26.1 Å². The van der Waals surface area contributed by atoms with Crippen molar-refractivity contribution < 1.29 is 14.1 Å². The molecule has 104 valence electrons. The summed E-state index contributed by atoms with van der Waals surface area (Å²) < 4.78 is 10.6. The van der Waals surface area contributed by atoms with Gasteiger partial charge in [0.25, 0.3) is 5.91 Å². The number of benzene rings is 1. The number of aryl methyl sites for hydroxylation is 1. The van der Waals surface area contributed by atoms with Crippen molar-refractivity contribution in [2.75, 3.05) is 6.54 Å². The van der Waals surface area contributed by atoms with Gasteiger partial charge in [0.05, 0.1) is 18.9 Å². The average Bonchev–Trinajstić information content (AvgIpc) is 2.91. The summed E-state index contributed by atoms with van der Waals surface area (Å²) in [5, 5.41) is 6.46. The highest BCUT2D eigenvalue weighted by atomic mass is 16.5. The number of carbonyl (C=O) groups excluding carboxylic acids is 1. The third kappa shape index (κ3) is 2.58. The zero-order valence-corrected chi connectivity index (χ0v) is 11.3. The molecule has 1 atom stereocenters. The van der Waals surface area contributed by atoms with Crippen LogP contribution in [0.5, 0.6) is 0 Å². The Bertz CT molecular complexity index is 621. The van der Waals surface area contributed by atoms with Crippen LogP contribution in [0.2, 0.25) is 0 Å². The Balaban J connectivity index is 1.58. The molecule has 3 rings (SSSR count). The van der Waals surface area contributed by atoms with E-state index in [2.05, 4.69) is 22.6 Å². The van der Waals surface area contributed by atoms with Gasteiger partial charge in [0.2, 0.25) is 0 Å². The standard InChI is InChI=1S/C15H16N2O3/c1-10-14(8-17-20-10)15(18)16-7-13-6-11-4-2-3-5-12(11)9-19-13/h2-5,8,13H,6-7,9H2,1H3,(H,16,18)/t13-/m1/s1. The van der Waals surface area contributed by atoms with Gasteiger partial charge in [-0.3, -0.25) is 4.79 Å². The van der Waals surface area contributed by atoms with Crippen molar-refractivity contribution in [3.05, 3.63) is 52.9 Å². The zero-order chi connectivity index (χ0) is 13.9. The number of nitrogens with one attached hydrogen (secondary N) is 1.